The maximum Gasteiger partial charge on any atom is 0.249 e. The average Bonchev–Trinajstić information content (AvgIpc) is 3.52. The summed E-state index contributed by atoms with van der Waals surface area (Å²) in [6.45, 7) is 4.08. The van der Waals surface area contributed by atoms with Crippen LogP contribution in [0.5, 0.6) is 0 Å². The number of aromatic nitrogens is 4. The third-order valence-corrected chi connectivity index (χ3v) is 5.63. The number of nitrogens with zero attached hydrogens (tertiary/aromatic N) is 5. The Hall–Kier alpha value is -3.04. The van der Waals surface area contributed by atoms with Gasteiger partial charge in [0.2, 0.25) is 29.4 Å². The lowest BCUT2D eigenvalue weighted by Crippen LogP contribution is -2.36. The lowest BCUT2D eigenvalue weighted by molar-refractivity contribution is -0.134. The van der Waals surface area contributed by atoms with Crippen molar-refractivity contribution >= 4 is 28.8 Å². The number of benzene rings is 1. The number of carbonyl (C=O) groups is 1. The zero-order chi connectivity index (χ0) is 21.8. The van der Waals surface area contributed by atoms with Gasteiger partial charge in [0.15, 0.2) is 0 Å². The minimum Gasteiger partial charge on any atom is -0.419 e. The number of thiophene rings is 1. The molecule has 0 aliphatic rings. The molecule has 0 atom stereocenters. The summed E-state index contributed by atoms with van der Waals surface area (Å²) < 4.78 is 11.0. The van der Waals surface area contributed by atoms with Crippen molar-refractivity contribution in [2.24, 2.45) is 0 Å². The van der Waals surface area contributed by atoms with E-state index in [1.165, 1.54) is 0 Å². The second kappa shape index (κ2) is 9.40. The Bertz CT molecular complexity index is 1160. The zero-order valence-corrected chi connectivity index (χ0v) is 18.6. The van der Waals surface area contributed by atoms with Crippen LogP contribution < -0.4 is 0 Å². The Balaban J connectivity index is 1.40. The van der Waals surface area contributed by atoms with E-state index in [4.69, 9.17) is 20.5 Å². The van der Waals surface area contributed by atoms with Gasteiger partial charge in [0.25, 0.3) is 0 Å². The summed E-state index contributed by atoms with van der Waals surface area (Å²) in [5.74, 6) is 1.56. The highest BCUT2D eigenvalue weighted by Gasteiger charge is 2.22. The van der Waals surface area contributed by atoms with E-state index < -0.39 is 0 Å². The van der Waals surface area contributed by atoms with E-state index in [0.717, 1.165) is 5.56 Å². The molecule has 3 heterocycles. The molecule has 160 valence electrons. The predicted octanol–water partition coefficient (Wildman–Crippen LogP) is 4.87. The first kappa shape index (κ1) is 21.2. The molecule has 0 N–H and O–H groups in total. The number of hydrogen-bond donors (Lipinski definition) is 0. The molecule has 0 radical (unpaired) electrons. The summed E-state index contributed by atoms with van der Waals surface area (Å²) in [5.41, 5.74) is 1.56. The molecular weight excluding hydrogens is 438 g/mol. The number of carbonyl (C=O) groups excluding carboxylic acids is 1. The van der Waals surface area contributed by atoms with Crippen molar-refractivity contribution in [3.8, 4) is 22.8 Å². The fraction of sp³-hybridized carbons (Fsp3) is 0.286. The van der Waals surface area contributed by atoms with Gasteiger partial charge in [-0.05, 0) is 37.4 Å². The quantitative estimate of drug-likeness (QED) is 0.372. The number of aryl methyl sites for hydroxylation is 1. The summed E-state index contributed by atoms with van der Waals surface area (Å²) in [6, 6.07) is 9.11. The van der Waals surface area contributed by atoms with Crippen molar-refractivity contribution < 1.29 is 13.7 Å². The van der Waals surface area contributed by atoms with Crippen molar-refractivity contribution in [3.63, 3.8) is 0 Å². The molecule has 3 aromatic heterocycles. The van der Waals surface area contributed by atoms with Crippen LogP contribution in [0.25, 0.3) is 22.8 Å². The van der Waals surface area contributed by atoms with Crippen molar-refractivity contribution in [1.29, 1.82) is 0 Å². The van der Waals surface area contributed by atoms with E-state index in [9.17, 15) is 4.79 Å². The predicted molar refractivity (Wildman–Crippen MR) is 116 cm³/mol. The van der Waals surface area contributed by atoms with E-state index in [0.29, 0.717) is 40.5 Å². The Labute approximate surface area is 187 Å². The van der Waals surface area contributed by atoms with Gasteiger partial charge in [0.05, 0.1) is 17.1 Å². The summed E-state index contributed by atoms with van der Waals surface area (Å²) in [6.07, 6.45) is 0.586. The van der Waals surface area contributed by atoms with E-state index >= 15 is 0 Å². The molecule has 1 amide bonds. The Morgan fingerprint density at radius 2 is 2.03 bits per heavy atom. The normalized spacial score (nSPS) is 11.2. The highest BCUT2D eigenvalue weighted by Crippen LogP contribution is 2.26. The van der Waals surface area contributed by atoms with Gasteiger partial charge in [-0.25, -0.2) is 0 Å². The van der Waals surface area contributed by atoms with Crippen LogP contribution in [0.4, 0.5) is 0 Å². The monoisotopic (exact) mass is 457 g/mol. The lowest BCUT2D eigenvalue weighted by Gasteiger charge is -2.25. The summed E-state index contributed by atoms with van der Waals surface area (Å²) >= 11 is 7.76. The van der Waals surface area contributed by atoms with Gasteiger partial charge in [0.1, 0.15) is 0 Å². The van der Waals surface area contributed by atoms with Crippen molar-refractivity contribution in [1.82, 2.24) is 25.2 Å². The number of halogens is 1. The van der Waals surface area contributed by atoms with Crippen molar-refractivity contribution in [2.75, 3.05) is 0 Å². The van der Waals surface area contributed by atoms with Gasteiger partial charge >= 0.3 is 0 Å². The van der Waals surface area contributed by atoms with Gasteiger partial charge < -0.3 is 13.8 Å². The van der Waals surface area contributed by atoms with Crippen LogP contribution in [0.2, 0.25) is 5.02 Å². The number of hydrogen-bond acceptors (Lipinski definition) is 8. The van der Waals surface area contributed by atoms with Crippen LogP contribution in [0.1, 0.15) is 32.0 Å². The SMILES string of the molecule is CC(C)N(Cc1nnc(-c2ccccc2Cl)o1)C(=O)CCc1nc(-c2ccsc2)no1. The standard InChI is InChI=1S/C21H20ClN5O3S/c1-13(2)27(11-18-24-25-21(29-18)15-5-3-4-6-16(15)22)19(28)8-7-17-23-20(26-30-17)14-9-10-31-12-14/h3-6,9-10,12-13H,7-8,11H2,1-2H3. The van der Waals surface area contributed by atoms with E-state index in [-0.39, 0.29) is 24.9 Å². The summed E-state index contributed by atoms with van der Waals surface area (Å²) in [7, 11) is 0. The van der Waals surface area contributed by atoms with E-state index in [1.54, 1.807) is 28.4 Å². The van der Waals surface area contributed by atoms with E-state index in [1.807, 2.05) is 42.8 Å². The minimum absolute atomic E-state index is 0.0489. The van der Waals surface area contributed by atoms with Crippen LogP contribution in [0.3, 0.4) is 0 Å². The molecule has 0 bridgehead atoms. The largest absolute Gasteiger partial charge is 0.419 e. The molecule has 4 aromatic rings. The van der Waals surface area contributed by atoms with E-state index in [2.05, 4.69) is 20.3 Å². The lowest BCUT2D eigenvalue weighted by atomic mass is 10.2. The number of amides is 1. The molecule has 0 aliphatic heterocycles. The highest BCUT2D eigenvalue weighted by atomic mass is 35.5. The summed E-state index contributed by atoms with van der Waals surface area (Å²) in [5, 5.41) is 16.5. The first-order valence-corrected chi connectivity index (χ1v) is 11.0. The van der Waals surface area contributed by atoms with Gasteiger partial charge in [-0.1, -0.05) is 28.9 Å². The molecule has 0 saturated carbocycles. The van der Waals surface area contributed by atoms with Crippen LogP contribution in [0, 0.1) is 0 Å². The molecule has 8 nitrogen and oxygen atoms in total. The minimum atomic E-state index is -0.0669. The molecule has 10 heteroatoms. The Kier molecular flexibility index (Phi) is 6.43. The second-order valence-electron chi connectivity index (χ2n) is 7.12. The number of rotatable bonds is 8. The molecule has 4 rings (SSSR count). The van der Waals surface area contributed by atoms with Gasteiger partial charge in [-0.15, -0.1) is 10.2 Å². The molecule has 0 aliphatic carbocycles. The topological polar surface area (TPSA) is 98.2 Å². The Morgan fingerprint density at radius 3 is 2.77 bits per heavy atom. The Morgan fingerprint density at radius 1 is 1.19 bits per heavy atom. The molecule has 0 spiro atoms. The van der Waals surface area contributed by atoms with Crippen LogP contribution >= 0.6 is 22.9 Å². The van der Waals surface area contributed by atoms with Gasteiger partial charge in [-0.3, -0.25) is 4.79 Å². The third kappa shape index (κ3) is 5.00. The molecule has 0 unspecified atom stereocenters. The fourth-order valence-corrected chi connectivity index (χ4v) is 3.84. The molecular formula is C21H20ClN5O3S. The van der Waals surface area contributed by atoms with Crippen LogP contribution in [-0.2, 0) is 17.8 Å². The van der Waals surface area contributed by atoms with Gasteiger partial charge in [-0.2, -0.15) is 16.3 Å². The van der Waals surface area contributed by atoms with Crippen LogP contribution in [0.15, 0.2) is 50.0 Å². The first-order chi connectivity index (χ1) is 15.0. The maximum absolute atomic E-state index is 12.9. The third-order valence-electron chi connectivity index (χ3n) is 4.62. The maximum atomic E-state index is 12.9. The fourth-order valence-electron chi connectivity index (χ4n) is 2.99. The molecule has 31 heavy (non-hydrogen) atoms. The highest BCUT2D eigenvalue weighted by molar-refractivity contribution is 7.08. The van der Waals surface area contributed by atoms with Crippen molar-refractivity contribution in [2.45, 2.75) is 39.3 Å². The average molecular weight is 458 g/mol. The molecule has 1 aromatic carbocycles. The van der Waals surface area contributed by atoms with Crippen molar-refractivity contribution in [3.05, 3.63) is 57.9 Å². The van der Waals surface area contributed by atoms with Gasteiger partial charge in [0, 0.05) is 29.8 Å². The smallest absolute Gasteiger partial charge is 0.249 e. The zero-order valence-electron chi connectivity index (χ0n) is 17.0. The summed E-state index contributed by atoms with van der Waals surface area (Å²) in [4.78, 5) is 18.9. The molecule has 0 fully saturated rings. The molecule has 0 saturated heterocycles. The second-order valence-corrected chi connectivity index (χ2v) is 8.31. The first-order valence-electron chi connectivity index (χ1n) is 9.73. The van der Waals surface area contributed by atoms with Crippen LogP contribution in [-0.4, -0.2) is 37.2 Å².